The number of ether oxygens (including phenoxy) is 8. The fourth-order valence-corrected chi connectivity index (χ4v) is 8.33. The van der Waals surface area contributed by atoms with Crippen LogP contribution in [0, 0.1) is 0 Å². The smallest absolute Gasteiger partial charge is 0.291 e. The molecule has 0 bridgehead atoms. The molecule has 10 N–H and O–H groups in total. The first-order chi connectivity index (χ1) is 45.0. The summed E-state index contributed by atoms with van der Waals surface area (Å²) >= 11 is 0. The van der Waals surface area contributed by atoms with E-state index in [4.69, 9.17) is 43.6 Å². The van der Waals surface area contributed by atoms with Gasteiger partial charge >= 0.3 is 0 Å². The fourth-order valence-electron chi connectivity index (χ4n) is 8.33. The lowest BCUT2D eigenvalue weighted by molar-refractivity contribution is -0.121. The summed E-state index contributed by atoms with van der Waals surface area (Å²) in [6.07, 6.45) is 10.4. The number of nitrogens with zero attached hydrogens (tertiary/aromatic N) is 11. The molecule has 508 valence electrons. The van der Waals surface area contributed by atoms with Gasteiger partial charge in [0.1, 0.15) is 11.5 Å². The number of hydrogen-bond donors (Lipinski definition) is 9. The van der Waals surface area contributed by atoms with Gasteiger partial charge in [-0.25, -0.2) is 19.6 Å². The van der Waals surface area contributed by atoms with Crippen molar-refractivity contribution >= 4 is 76.1 Å². The van der Waals surface area contributed by atoms with Crippen molar-refractivity contribution in [1.29, 1.82) is 0 Å². The summed E-state index contributed by atoms with van der Waals surface area (Å²) in [7, 11) is 8.08. The lowest BCUT2D eigenvalue weighted by atomic mass is 10.3. The van der Waals surface area contributed by atoms with Crippen LogP contribution in [0.25, 0.3) is 0 Å². The number of nitrogens with two attached hydrogens (primary N) is 1. The lowest BCUT2D eigenvalue weighted by Gasteiger charge is -2.09. The average Bonchev–Trinajstić information content (AvgIpc) is 1.83. The summed E-state index contributed by atoms with van der Waals surface area (Å²) in [5, 5.41) is 29.2. The van der Waals surface area contributed by atoms with Gasteiger partial charge in [-0.15, -0.1) is 5.10 Å². The van der Waals surface area contributed by atoms with Gasteiger partial charge in [-0.3, -0.25) is 38.4 Å². The minimum atomic E-state index is -0.644. The van der Waals surface area contributed by atoms with E-state index < -0.39 is 41.4 Å². The minimum absolute atomic E-state index is 0.00318. The Labute approximate surface area is 535 Å². The van der Waals surface area contributed by atoms with Crippen LogP contribution in [-0.2, 0) is 105 Å². The molecule has 36 nitrogen and oxygen atoms in total. The molecule has 0 atom stereocenters. The van der Waals surface area contributed by atoms with E-state index in [2.05, 4.69) is 67.8 Å². The summed E-state index contributed by atoms with van der Waals surface area (Å²) in [5.41, 5.74) is 7.12. The molecule has 0 spiro atoms. The fraction of sp³-hybridized carbons (Fsp3) is 0.526. The third-order valence-corrected chi connectivity index (χ3v) is 13.0. The second-order valence-electron chi connectivity index (χ2n) is 20.4. The molecular formula is C57H84N20O16. The van der Waals surface area contributed by atoms with Gasteiger partial charge in [-0.2, -0.15) is 0 Å². The molecular weight excluding hydrogens is 1220 g/mol. The molecule has 8 amide bonds. The number of carbonyl (C=O) groups is 8. The summed E-state index contributed by atoms with van der Waals surface area (Å²) in [6.45, 7) is 7.93. The van der Waals surface area contributed by atoms with Crippen molar-refractivity contribution in [3.05, 3.63) is 84.4 Å². The summed E-state index contributed by atoms with van der Waals surface area (Å²) in [6, 6.07) is 3.00. The zero-order valence-corrected chi connectivity index (χ0v) is 52.9. The van der Waals surface area contributed by atoms with E-state index in [1.807, 2.05) is 0 Å². The van der Waals surface area contributed by atoms with Crippen molar-refractivity contribution in [2.24, 2.45) is 41.0 Å². The zero-order chi connectivity index (χ0) is 66.7. The molecule has 6 heterocycles. The molecule has 6 aromatic rings. The summed E-state index contributed by atoms with van der Waals surface area (Å²) in [4.78, 5) is 115. The molecule has 0 aliphatic carbocycles. The van der Waals surface area contributed by atoms with Crippen LogP contribution >= 0.6 is 0 Å². The second-order valence-corrected chi connectivity index (χ2v) is 20.4. The maximum Gasteiger partial charge on any atom is 0.291 e. The molecule has 6 aromatic heterocycles. The van der Waals surface area contributed by atoms with Crippen LogP contribution in [-0.4, -0.2) is 225 Å². The Bertz CT molecular complexity index is 3350. The van der Waals surface area contributed by atoms with Gasteiger partial charge in [-0.05, 0) is 6.07 Å². The van der Waals surface area contributed by atoms with E-state index in [0.29, 0.717) is 124 Å². The van der Waals surface area contributed by atoms with E-state index in [0.717, 1.165) is 5.69 Å². The summed E-state index contributed by atoms with van der Waals surface area (Å²) in [5.74, 6) is -3.25. The van der Waals surface area contributed by atoms with Crippen molar-refractivity contribution in [1.82, 2.24) is 68.7 Å². The predicted molar refractivity (Wildman–Crippen MR) is 333 cm³/mol. The van der Waals surface area contributed by atoms with Gasteiger partial charge in [0.2, 0.25) is 35.3 Å². The van der Waals surface area contributed by atoms with Crippen LogP contribution in [0.4, 0.5) is 28.8 Å². The first-order valence-corrected chi connectivity index (χ1v) is 29.9. The molecule has 0 aromatic carbocycles. The maximum atomic E-state index is 13.3. The van der Waals surface area contributed by atoms with Gasteiger partial charge in [0, 0.05) is 137 Å². The van der Waals surface area contributed by atoms with Crippen LogP contribution in [0.15, 0.2) is 55.5 Å². The standard InChI is InChI=1S/C57H84N20O16/c1-72-14-12-60-51(72)56(84)64-41-33-46(74(3)36-41)69-49(80)7-6-48(79)65-44-39-76(5)53(68-44)57(85)63-40-32-43(73(2)35-40)54(82)61-11-9-50(81)66-45-38-75(4)52(67-45)55(83)62-10-8-47(78)59-13-16-86-18-20-88-22-24-90-26-28-92-30-31-93-29-27-91-25-23-89-21-19-87-17-15-77-37-42(34-58)70-71-77/h12,14,32-33,35-39H,6-11,13,15-31,34,58H2,1-5H3,(H,59,78)(H,61,82)(H,62,83)(H,63,85)(H,64,84)(H,65,79)(H,66,81)(H,69,80). The van der Waals surface area contributed by atoms with E-state index in [9.17, 15) is 38.4 Å². The number of rotatable bonds is 46. The molecule has 0 aliphatic rings. The Balaban J connectivity index is 0.718. The Hall–Kier alpha value is -9.27. The Kier molecular flexibility index (Phi) is 31.2. The molecule has 0 saturated heterocycles. The first-order valence-electron chi connectivity index (χ1n) is 29.9. The number of nitrogens with one attached hydrogen (secondary N) is 8. The number of imidazole rings is 3. The normalized spacial score (nSPS) is 11.2. The second kappa shape index (κ2) is 39.9. The van der Waals surface area contributed by atoms with E-state index >= 15 is 0 Å². The van der Waals surface area contributed by atoms with Crippen LogP contribution in [0.1, 0.15) is 73.7 Å². The average molecular weight is 1310 g/mol. The third-order valence-electron chi connectivity index (χ3n) is 13.0. The van der Waals surface area contributed by atoms with Gasteiger partial charge in [0.05, 0.1) is 129 Å². The van der Waals surface area contributed by atoms with Crippen LogP contribution in [0.2, 0.25) is 0 Å². The molecule has 0 unspecified atom stereocenters. The third kappa shape index (κ3) is 26.5. The minimum Gasteiger partial charge on any atom is -0.377 e. The Morgan fingerprint density at radius 1 is 0.430 bits per heavy atom. The Morgan fingerprint density at radius 3 is 1.42 bits per heavy atom. The van der Waals surface area contributed by atoms with Crippen LogP contribution in [0.5, 0.6) is 0 Å². The van der Waals surface area contributed by atoms with Gasteiger partial charge < -0.3 is 109 Å². The molecule has 0 aliphatic heterocycles. The van der Waals surface area contributed by atoms with Crippen molar-refractivity contribution < 1.29 is 76.3 Å². The van der Waals surface area contributed by atoms with E-state index in [1.54, 1.807) is 73.7 Å². The lowest BCUT2D eigenvalue weighted by Crippen LogP contribution is -2.33. The number of anilines is 5. The van der Waals surface area contributed by atoms with Crippen molar-refractivity contribution in [3.8, 4) is 0 Å². The quantitative estimate of drug-likeness (QED) is 0.0213. The van der Waals surface area contributed by atoms with E-state index in [-0.39, 0.29) is 98.3 Å². The van der Waals surface area contributed by atoms with Crippen LogP contribution < -0.4 is 48.3 Å². The predicted octanol–water partition coefficient (Wildman–Crippen LogP) is -0.696. The highest BCUT2D eigenvalue weighted by Crippen LogP contribution is 2.20. The van der Waals surface area contributed by atoms with Crippen molar-refractivity contribution in [2.75, 3.05) is 152 Å². The number of carbonyl (C=O) groups excluding carboxylic acids is 8. The van der Waals surface area contributed by atoms with Gasteiger partial charge in [0.25, 0.3) is 23.6 Å². The Morgan fingerprint density at radius 2 is 0.892 bits per heavy atom. The zero-order valence-electron chi connectivity index (χ0n) is 52.9. The van der Waals surface area contributed by atoms with Crippen LogP contribution in [0.3, 0.4) is 0 Å². The van der Waals surface area contributed by atoms with Gasteiger partial charge in [-0.1, -0.05) is 5.21 Å². The van der Waals surface area contributed by atoms with Gasteiger partial charge in [0.15, 0.2) is 17.5 Å². The highest BCUT2D eigenvalue weighted by atomic mass is 16.6. The molecule has 6 rings (SSSR count). The highest BCUT2D eigenvalue weighted by molar-refractivity contribution is 6.04. The summed E-state index contributed by atoms with van der Waals surface area (Å²) < 4.78 is 53.2. The largest absolute Gasteiger partial charge is 0.377 e. The SMILES string of the molecule is Cn1cc(NC(=O)c2nccn2C)cc1NC(=O)CCC(=O)Nc1cn(C)c(C(=O)Nc2cc(C(=O)NCCC(=O)Nc3cn(C)c(C(=O)NCCC(=O)NCCOCCOCCOCCOCCOCCOCCOCCOCCn4cc(CN)nn4)n3)n(C)c2)n1. The number of hydrogen-bond acceptors (Lipinski definition) is 22. The monoisotopic (exact) mass is 1300 g/mol. The molecule has 93 heavy (non-hydrogen) atoms. The number of amides is 8. The number of aromatic nitrogens is 11. The van der Waals surface area contributed by atoms with Crippen molar-refractivity contribution in [3.63, 3.8) is 0 Å². The molecule has 0 saturated carbocycles. The van der Waals surface area contributed by atoms with Crippen molar-refractivity contribution in [2.45, 2.75) is 38.8 Å². The molecule has 36 heteroatoms. The molecule has 0 fully saturated rings. The maximum absolute atomic E-state index is 13.3. The highest BCUT2D eigenvalue weighted by Gasteiger charge is 2.21. The number of aryl methyl sites for hydroxylation is 5. The first kappa shape index (κ1) is 72.8. The topological polar surface area (TPSA) is 427 Å². The molecule has 0 radical (unpaired) electrons. The van der Waals surface area contributed by atoms with E-state index in [1.165, 1.54) is 44.6 Å².